The molecule has 0 bridgehead atoms. The molecular weight excluding hydrogens is 242 g/mol. The van der Waals surface area contributed by atoms with Gasteiger partial charge in [0.1, 0.15) is 11.5 Å². The van der Waals surface area contributed by atoms with Crippen molar-refractivity contribution in [3.8, 4) is 5.75 Å². The Kier molecular flexibility index (Phi) is 5.47. The first-order valence-corrected chi connectivity index (χ1v) is 6.32. The van der Waals surface area contributed by atoms with Crippen LogP contribution in [0.4, 0.5) is 0 Å². The zero-order chi connectivity index (χ0) is 13.3. The fourth-order valence-corrected chi connectivity index (χ4v) is 1.68. The van der Waals surface area contributed by atoms with Gasteiger partial charge in [0.15, 0.2) is 0 Å². The van der Waals surface area contributed by atoms with Crippen molar-refractivity contribution in [1.82, 2.24) is 5.32 Å². The first-order chi connectivity index (χ1) is 9.38. The van der Waals surface area contributed by atoms with Crippen LogP contribution in [-0.2, 0) is 17.9 Å². The molecule has 0 unspecified atom stereocenters. The van der Waals surface area contributed by atoms with Crippen LogP contribution in [0, 0.1) is 0 Å². The van der Waals surface area contributed by atoms with Crippen LogP contribution in [0.2, 0.25) is 0 Å². The number of hydrogen-bond acceptors (Lipinski definition) is 4. The van der Waals surface area contributed by atoms with Crippen LogP contribution in [-0.4, -0.2) is 20.3 Å². The fraction of sp³-hybridized carbons (Fsp3) is 0.333. The Balaban J connectivity index is 1.56. The van der Waals surface area contributed by atoms with Crippen molar-refractivity contribution in [2.75, 3.05) is 20.3 Å². The molecule has 19 heavy (non-hydrogen) atoms. The lowest BCUT2D eigenvalue weighted by Crippen LogP contribution is -2.18. The number of benzene rings is 1. The zero-order valence-electron chi connectivity index (χ0n) is 11.1. The monoisotopic (exact) mass is 261 g/mol. The van der Waals surface area contributed by atoms with Gasteiger partial charge in [-0.15, -0.1) is 0 Å². The van der Waals surface area contributed by atoms with Gasteiger partial charge in [-0.25, -0.2) is 0 Å². The molecule has 0 aliphatic carbocycles. The minimum atomic E-state index is 0.617. The number of hydrogen-bond donors (Lipinski definition) is 1. The van der Waals surface area contributed by atoms with Crippen LogP contribution in [0.15, 0.2) is 47.1 Å². The van der Waals surface area contributed by atoms with Gasteiger partial charge >= 0.3 is 0 Å². The van der Waals surface area contributed by atoms with E-state index >= 15 is 0 Å². The molecule has 0 radical (unpaired) electrons. The summed E-state index contributed by atoms with van der Waals surface area (Å²) in [7, 11) is 1.66. The van der Waals surface area contributed by atoms with Gasteiger partial charge in [0.25, 0.3) is 0 Å². The van der Waals surface area contributed by atoms with E-state index in [0.717, 1.165) is 30.2 Å². The summed E-state index contributed by atoms with van der Waals surface area (Å²) >= 11 is 0. The van der Waals surface area contributed by atoms with Crippen LogP contribution in [0.5, 0.6) is 5.75 Å². The summed E-state index contributed by atoms with van der Waals surface area (Å²) < 4.78 is 15.9. The highest BCUT2D eigenvalue weighted by Gasteiger charge is 1.96. The largest absolute Gasteiger partial charge is 0.497 e. The Labute approximate surface area is 113 Å². The molecule has 0 amide bonds. The van der Waals surface area contributed by atoms with E-state index in [4.69, 9.17) is 13.9 Å². The van der Waals surface area contributed by atoms with E-state index < -0.39 is 0 Å². The summed E-state index contributed by atoms with van der Waals surface area (Å²) in [4.78, 5) is 0. The lowest BCUT2D eigenvalue weighted by molar-refractivity contribution is 0.122. The summed E-state index contributed by atoms with van der Waals surface area (Å²) in [6, 6.07) is 11.7. The van der Waals surface area contributed by atoms with Gasteiger partial charge in [0, 0.05) is 6.54 Å². The van der Waals surface area contributed by atoms with E-state index in [-0.39, 0.29) is 0 Å². The van der Waals surface area contributed by atoms with Crippen molar-refractivity contribution < 1.29 is 13.9 Å². The van der Waals surface area contributed by atoms with E-state index in [0.29, 0.717) is 13.2 Å². The predicted octanol–water partition coefficient (Wildman–Crippen LogP) is 2.59. The maximum Gasteiger partial charge on any atom is 0.118 e. The number of rotatable bonds is 8. The molecular formula is C15H19NO3. The molecule has 0 aliphatic rings. The van der Waals surface area contributed by atoms with Crippen molar-refractivity contribution >= 4 is 0 Å². The van der Waals surface area contributed by atoms with Crippen molar-refractivity contribution in [2.24, 2.45) is 0 Å². The van der Waals surface area contributed by atoms with Gasteiger partial charge in [-0.3, -0.25) is 0 Å². The maximum atomic E-state index is 5.58. The Morgan fingerprint density at radius 2 is 2.00 bits per heavy atom. The molecule has 102 valence electrons. The van der Waals surface area contributed by atoms with Crippen LogP contribution >= 0.6 is 0 Å². The highest BCUT2D eigenvalue weighted by molar-refractivity contribution is 5.26. The molecule has 0 fully saturated rings. The summed E-state index contributed by atoms with van der Waals surface area (Å²) in [6.45, 7) is 2.83. The predicted molar refractivity (Wildman–Crippen MR) is 73.1 cm³/mol. The van der Waals surface area contributed by atoms with Crippen LogP contribution < -0.4 is 10.1 Å². The Morgan fingerprint density at radius 1 is 1.16 bits per heavy atom. The molecule has 2 rings (SSSR count). The Hall–Kier alpha value is -1.78. The van der Waals surface area contributed by atoms with E-state index in [1.54, 1.807) is 13.4 Å². The molecule has 4 heteroatoms. The second-order valence-corrected chi connectivity index (χ2v) is 4.16. The van der Waals surface area contributed by atoms with Gasteiger partial charge in [-0.05, 0) is 29.8 Å². The SMILES string of the molecule is COc1ccc(COCCNCc2ccco2)cc1. The second kappa shape index (κ2) is 7.61. The van der Waals surface area contributed by atoms with Crippen LogP contribution in [0.3, 0.4) is 0 Å². The van der Waals surface area contributed by atoms with Crippen molar-refractivity contribution in [3.63, 3.8) is 0 Å². The topological polar surface area (TPSA) is 43.6 Å². The zero-order valence-corrected chi connectivity index (χ0v) is 11.1. The van der Waals surface area contributed by atoms with Gasteiger partial charge in [0.2, 0.25) is 0 Å². The number of methoxy groups -OCH3 is 1. The molecule has 2 aromatic rings. The van der Waals surface area contributed by atoms with Crippen molar-refractivity contribution in [2.45, 2.75) is 13.2 Å². The molecule has 1 aromatic heterocycles. The average molecular weight is 261 g/mol. The minimum Gasteiger partial charge on any atom is -0.497 e. The molecule has 1 aromatic carbocycles. The second-order valence-electron chi connectivity index (χ2n) is 4.16. The molecule has 0 spiro atoms. The van der Waals surface area contributed by atoms with Crippen molar-refractivity contribution in [1.29, 1.82) is 0 Å². The van der Waals surface area contributed by atoms with E-state index in [1.807, 2.05) is 36.4 Å². The number of ether oxygens (including phenoxy) is 2. The fourth-order valence-electron chi connectivity index (χ4n) is 1.68. The summed E-state index contributed by atoms with van der Waals surface area (Å²) in [5.41, 5.74) is 1.15. The quantitative estimate of drug-likeness (QED) is 0.742. The third-order valence-corrected chi connectivity index (χ3v) is 2.73. The molecule has 0 aliphatic heterocycles. The molecule has 1 N–H and O–H groups in total. The lowest BCUT2D eigenvalue weighted by atomic mass is 10.2. The Bertz CT molecular complexity index is 451. The highest BCUT2D eigenvalue weighted by Crippen LogP contribution is 2.11. The first kappa shape index (κ1) is 13.6. The van der Waals surface area contributed by atoms with Crippen molar-refractivity contribution in [3.05, 3.63) is 54.0 Å². The third kappa shape index (κ3) is 4.77. The highest BCUT2D eigenvalue weighted by atomic mass is 16.5. The number of furan rings is 1. The molecule has 1 heterocycles. The lowest BCUT2D eigenvalue weighted by Gasteiger charge is -2.06. The molecule has 0 saturated carbocycles. The number of nitrogens with one attached hydrogen (secondary N) is 1. The summed E-state index contributed by atoms with van der Waals surface area (Å²) in [6.07, 6.45) is 1.68. The molecule has 0 saturated heterocycles. The van der Waals surface area contributed by atoms with Gasteiger partial charge in [0.05, 0.1) is 33.1 Å². The summed E-state index contributed by atoms with van der Waals surface area (Å²) in [5.74, 6) is 1.80. The minimum absolute atomic E-state index is 0.617. The first-order valence-electron chi connectivity index (χ1n) is 6.32. The van der Waals surface area contributed by atoms with E-state index in [2.05, 4.69) is 5.32 Å². The normalized spacial score (nSPS) is 10.6. The third-order valence-electron chi connectivity index (χ3n) is 2.73. The van der Waals surface area contributed by atoms with E-state index in [9.17, 15) is 0 Å². The molecule has 4 nitrogen and oxygen atoms in total. The van der Waals surface area contributed by atoms with Gasteiger partial charge < -0.3 is 19.2 Å². The standard InChI is InChI=1S/C15H19NO3/c1-17-14-6-4-13(5-7-14)12-18-10-8-16-11-15-3-2-9-19-15/h2-7,9,16H,8,10-12H2,1H3. The van der Waals surface area contributed by atoms with Gasteiger partial charge in [-0.2, -0.15) is 0 Å². The maximum absolute atomic E-state index is 5.58. The smallest absolute Gasteiger partial charge is 0.118 e. The molecule has 0 atom stereocenters. The average Bonchev–Trinajstić information content (AvgIpc) is 2.96. The Morgan fingerprint density at radius 3 is 2.68 bits per heavy atom. The van der Waals surface area contributed by atoms with Crippen LogP contribution in [0.1, 0.15) is 11.3 Å². The van der Waals surface area contributed by atoms with Gasteiger partial charge in [-0.1, -0.05) is 12.1 Å². The van der Waals surface area contributed by atoms with Crippen LogP contribution in [0.25, 0.3) is 0 Å². The van der Waals surface area contributed by atoms with E-state index in [1.165, 1.54) is 0 Å². The summed E-state index contributed by atoms with van der Waals surface area (Å²) in [5, 5.41) is 3.25.